The summed E-state index contributed by atoms with van der Waals surface area (Å²) in [5, 5.41) is 9.71. The summed E-state index contributed by atoms with van der Waals surface area (Å²) in [7, 11) is 4.59. The van der Waals surface area contributed by atoms with Crippen molar-refractivity contribution in [2.24, 2.45) is 0 Å². The Bertz CT molecular complexity index is 1210. The van der Waals surface area contributed by atoms with Crippen LogP contribution in [0.15, 0.2) is 66.7 Å². The van der Waals surface area contributed by atoms with Crippen molar-refractivity contribution in [3.8, 4) is 34.8 Å². The van der Waals surface area contributed by atoms with Crippen LogP contribution in [0.4, 0.5) is 0 Å². The average molecular weight is 474 g/mol. The summed E-state index contributed by atoms with van der Waals surface area (Å²) in [6, 6.07) is 22.0. The van der Waals surface area contributed by atoms with E-state index in [9.17, 15) is 10.1 Å². The summed E-state index contributed by atoms with van der Waals surface area (Å²) >= 11 is 0. The van der Waals surface area contributed by atoms with Crippen molar-refractivity contribution < 1.29 is 28.5 Å². The van der Waals surface area contributed by atoms with E-state index in [-0.39, 0.29) is 12.4 Å². The smallest absolute Gasteiger partial charge is 0.311 e. The van der Waals surface area contributed by atoms with Crippen LogP contribution in [-0.2, 0) is 4.79 Å². The molecule has 0 heterocycles. The number of methoxy groups -OCH3 is 3. The van der Waals surface area contributed by atoms with Crippen LogP contribution in [0.2, 0.25) is 0 Å². The maximum absolute atomic E-state index is 12.3. The highest BCUT2D eigenvalue weighted by Gasteiger charge is 2.12. The van der Waals surface area contributed by atoms with Gasteiger partial charge < -0.3 is 23.7 Å². The molecule has 0 aliphatic rings. The lowest BCUT2D eigenvalue weighted by atomic mass is 10.0. The quantitative estimate of drug-likeness (QED) is 0.119. The number of nitriles is 1. The Morgan fingerprint density at radius 3 is 2.23 bits per heavy atom. The first-order valence-corrected chi connectivity index (χ1v) is 11.0. The lowest BCUT2D eigenvalue weighted by molar-refractivity contribution is -0.134. The van der Waals surface area contributed by atoms with Gasteiger partial charge in [-0.1, -0.05) is 24.3 Å². The zero-order valence-corrected chi connectivity index (χ0v) is 19.9. The van der Waals surface area contributed by atoms with Gasteiger partial charge in [-0.3, -0.25) is 4.79 Å². The molecule has 0 unspecified atom stereocenters. The lowest BCUT2D eigenvalue weighted by Gasteiger charge is -2.11. The average Bonchev–Trinajstić information content (AvgIpc) is 2.90. The molecule has 0 fully saturated rings. The molecule has 0 N–H and O–H groups in total. The Morgan fingerprint density at radius 1 is 0.857 bits per heavy atom. The van der Waals surface area contributed by atoms with Gasteiger partial charge in [-0.15, -0.1) is 0 Å². The minimum atomic E-state index is -0.383. The van der Waals surface area contributed by atoms with Gasteiger partial charge in [0, 0.05) is 6.42 Å². The second-order valence-electron chi connectivity index (χ2n) is 7.39. The number of carbonyl (C=O) groups excluding carboxylic acids is 1. The molecular formula is C28H27NO6. The van der Waals surface area contributed by atoms with Gasteiger partial charge in [0.2, 0.25) is 0 Å². The largest absolute Gasteiger partial charge is 0.494 e. The predicted octanol–water partition coefficient (Wildman–Crippen LogP) is 5.54. The molecule has 3 aromatic carbocycles. The molecule has 0 saturated carbocycles. The number of para-hydroxylation sites is 1. The third-order valence-electron chi connectivity index (χ3n) is 5.07. The molecule has 3 aromatic rings. The highest BCUT2D eigenvalue weighted by molar-refractivity contribution is 5.90. The number of benzene rings is 3. The standard InChI is InChI=1S/C28H27NO6/c1-31-24-14-12-21(18-27(24)33-3)22(19-29)16-20-11-13-25(26(17-20)32-2)35-28(30)10-7-15-34-23-8-5-4-6-9-23/h4-6,8-9,11-14,16-18H,7,10,15H2,1-3H3/b22-16-. The number of esters is 1. The van der Waals surface area contributed by atoms with Gasteiger partial charge in [-0.25, -0.2) is 0 Å². The third-order valence-corrected chi connectivity index (χ3v) is 5.07. The fraction of sp³-hybridized carbons (Fsp3) is 0.214. The molecule has 3 rings (SSSR count). The van der Waals surface area contributed by atoms with Gasteiger partial charge in [0.15, 0.2) is 23.0 Å². The minimum Gasteiger partial charge on any atom is -0.494 e. The molecule has 0 spiro atoms. The number of carbonyl (C=O) groups is 1. The minimum absolute atomic E-state index is 0.204. The summed E-state index contributed by atoms with van der Waals surface area (Å²) in [5.41, 5.74) is 1.82. The Hall–Kier alpha value is -4.44. The number of ether oxygens (including phenoxy) is 5. The van der Waals surface area contributed by atoms with Crippen molar-refractivity contribution in [2.45, 2.75) is 12.8 Å². The van der Waals surface area contributed by atoms with E-state index in [1.807, 2.05) is 30.3 Å². The zero-order valence-electron chi connectivity index (χ0n) is 19.9. The van der Waals surface area contributed by atoms with Crippen molar-refractivity contribution in [3.63, 3.8) is 0 Å². The molecule has 35 heavy (non-hydrogen) atoms. The van der Waals surface area contributed by atoms with Gasteiger partial charge in [0.1, 0.15) is 5.75 Å². The first kappa shape index (κ1) is 25.2. The number of hydrogen-bond donors (Lipinski definition) is 0. The van der Waals surface area contributed by atoms with Crippen molar-refractivity contribution in [3.05, 3.63) is 77.9 Å². The second-order valence-corrected chi connectivity index (χ2v) is 7.39. The van der Waals surface area contributed by atoms with Crippen LogP contribution in [-0.4, -0.2) is 33.9 Å². The van der Waals surface area contributed by atoms with E-state index in [1.165, 1.54) is 7.11 Å². The molecular weight excluding hydrogens is 446 g/mol. The molecule has 0 aliphatic carbocycles. The maximum atomic E-state index is 12.3. The maximum Gasteiger partial charge on any atom is 0.311 e. The topological polar surface area (TPSA) is 87.0 Å². The van der Waals surface area contributed by atoms with Gasteiger partial charge in [0.25, 0.3) is 0 Å². The third kappa shape index (κ3) is 7.02. The van der Waals surface area contributed by atoms with Crippen LogP contribution in [0, 0.1) is 11.3 Å². The number of rotatable bonds is 11. The summed E-state index contributed by atoms with van der Waals surface area (Å²) in [4.78, 5) is 12.3. The Balaban J connectivity index is 1.66. The fourth-order valence-corrected chi connectivity index (χ4v) is 3.31. The van der Waals surface area contributed by atoms with Crippen molar-refractivity contribution in [1.29, 1.82) is 5.26 Å². The van der Waals surface area contributed by atoms with Crippen molar-refractivity contribution >= 4 is 17.6 Å². The van der Waals surface area contributed by atoms with Crippen LogP contribution in [0.3, 0.4) is 0 Å². The zero-order chi connectivity index (χ0) is 25.0. The van der Waals surface area contributed by atoms with E-state index in [1.54, 1.807) is 56.7 Å². The van der Waals surface area contributed by atoms with Crippen LogP contribution in [0.25, 0.3) is 11.6 Å². The molecule has 0 atom stereocenters. The highest BCUT2D eigenvalue weighted by atomic mass is 16.6. The second kappa shape index (κ2) is 12.7. The SMILES string of the molecule is COc1ccc(/C(C#N)=C\c2ccc(OC(=O)CCCOc3ccccc3)c(OC)c2)cc1OC. The molecule has 0 amide bonds. The van der Waals surface area contributed by atoms with E-state index in [2.05, 4.69) is 6.07 Å². The monoisotopic (exact) mass is 473 g/mol. The van der Waals surface area contributed by atoms with Crippen LogP contribution < -0.4 is 23.7 Å². The Labute approximate surface area is 205 Å². The number of hydrogen-bond acceptors (Lipinski definition) is 7. The number of nitrogens with zero attached hydrogens (tertiary/aromatic N) is 1. The molecule has 7 heteroatoms. The van der Waals surface area contributed by atoms with Gasteiger partial charge >= 0.3 is 5.97 Å². The summed E-state index contributed by atoms with van der Waals surface area (Å²) in [6.45, 7) is 0.410. The molecule has 0 saturated heterocycles. The predicted molar refractivity (Wildman–Crippen MR) is 133 cm³/mol. The van der Waals surface area contributed by atoms with Crippen molar-refractivity contribution in [2.75, 3.05) is 27.9 Å². The van der Waals surface area contributed by atoms with Crippen LogP contribution in [0.5, 0.6) is 28.7 Å². The van der Waals surface area contributed by atoms with E-state index < -0.39 is 0 Å². The van der Waals surface area contributed by atoms with Gasteiger partial charge in [-0.2, -0.15) is 5.26 Å². The van der Waals surface area contributed by atoms with Crippen LogP contribution in [0.1, 0.15) is 24.0 Å². The van der Waals surface area contributed by atoms with Gasteiger partial charge in [-0.05, 0) is 66.1 Å². The first-order chi connectivity index (χ1) is 17.1. The molecule has 0 bridgehead atoms. The Kier molecular flexibility index (Phi) is 9.14. The van der Waals surface area contributed by atoms with Gasteiger partial charge in [0.05, 0.1) is 39.6 Å². The first-order valence-electron chi connectivity index (χ1n) is 11.0. The molecule has 0 aliphatic heterocycles. The van der Waals surface area contributed by atoms with E-state index in [0.717, 1.165) is 5.75 Å². The van der Waals surface area contributed by atoms with E-state index in [4.69, 9.17) is 23.7 Å². The van der Waals surface area contributed by atoms with E-state index in [0.29, 0.717) is 52.7 Å². The normalized spacial score (nSPS) is 10.7. The lowest BCUT2D eigenvalue weighted by Crippen LogP contribution is -2.10. The molecule has 180 valence electrons. The summed E-state index contributed by atoms with van der Waals surface area (Å²) < 4.78 is 27.1. The van der Waals surface area contributed by atoms with Crippen LogP contribution >= 0.6 is 0 Å². The highest BCUT2D eigenvalue weighted by Crippen LogP contribution is 2.33. The fourth-order valence-electron chi connectivity index (χ4n) is 3.31. The van der Waals surface area contributed by atoms with Crippen molar-refractivity contribution in [1.82, 2.24) is 0 Å². The summed E-state index contributed by atoms with van der Waals surface area (Å²) in [6.07, 6.45) is 2.44. The molecule has 0 aromatic heterocycles. The molecule has 0 radical (unpaired) electrons. The molecule has 7 nitrogen and oxygen atoms in total. The summed E-state index contributed by atoms with van der Waals surface area (Å²) in [5.74, 6) is 2.18. The Morgan fingerprint density at radius 2 is 1.54 bits per heavy atom. The van der Waals surface area contributed by atoms with E-state index >= 15 is 0 Å². The number of allylic oxidation sites excluding steroid dienone is 1.